The third kappa shape index (κ3) is 3.16. The van der Waals surface area contributed by atoms with E-state index in [1.807, 2.05) is 18.2 Å². The number of ether oxygens (including phenoxy) is 2. The van der Waals surface area contributed by atoms with Crippen molar-refractivity contribution < 1.29 is 14.3 Å². The topological polar surface area (TPSA) is 70.4 Å². The van der Waals surface area contributed by atoms with Crippen LogP contribution in [0, 0.1) is 0 Å². The molecular formula is C21H18N2O4S. The number of aromatic nitrogens is 2. The number of nitrogens with zero attached hydrogens (tertiary/aromatic N) is 2. The number of rotatable bonds is 5. The molecule has 142 valence electrons. The lowest BCUT2D eigenvalue weighted by molar-refractivity contribution is 0.102. The second-order valence-electron chi connectivity index (χ2n) is 6.89. The fourth-order valence-electron chi connectivity index (χ4n) is 3.31. The molecule has 0 amide bonds. The van der Waals surface area contributed by atoms with E-state index < -0.39 is 0 Å². The molecule has 1 aromatic heterocycles. The molecule has 7 heteroatoms. The zero-order valence-electron chi connectivity index (χ0n) is 15.1. The number of benzene rings is 2. The third-order valence-electron chi connectivity index (χ3n) is 4.88. The largest absolute Gasteiger partial charge is 0.486 e. The second kappa shape index (κ2) is 6.98. The molecule has 0 spiro atoms. The van der Waals surface area contributed by atoms with Crippen molar-refractivity contribution in [2.45, 2.75) is 24.0 Å². The van der Waals surface area contributed by atoms with E-state index in [0.717, 1.165) is 12.8 Å². The van der Waals surface area contributed by atoms with Crippen LogP contribution in [0.1, 0.15) is 29.2 Å². The van der Waals surface area contributed by atoms with Crippen LogP contribution in [0.3, 0.4) is 0 Å². The van der Waals surface area contributed by atoms with Gasteiger partial charge in [0.25, 0.3) is 5.56 Å². The minimum Gasteiger partial charge on any atom is -0.486 e. The molecule has 0 radical (unpaired) electrons. The Morgan fingerprint density at radius 2 is 1.89 bits per heavy atom. The summed E-state index contributed by atoms with van der Waals surface area (Å²) in [6.07, 6.45) is 1.95. The standard InChI is InChI=1S/C21H18N2O4S/c24-17(13-5-8-18-19(11-13)27-10-9-26-18)12-28-21-22-16-4-2-1-3-15(16)20(25)23(21)14-6-7-14/h1-5,8,11,14H,6-7,9-10,12H2. The van der Waals surface area contributed by atoms with Gasteiger partial charge in [0.05, 0.1) is 16.7 Å². The molecule has 2 aromatic carbocycles. The predicted octanol–water partition coefficient (Wildman–Crippen LogP) is 3.48. The molecule has 1 aliphatic carbocycles. The molecule has 6 nitrogen and oxygen atoms in total. The van der Waals surface area contributed by atoms with Crippen LogP contribution in [0.4, 0.5) is 0 Å². The van der Waals surface area contributed by atoms with E-state index in [9.17, 15) is 9.59 Å². The van der Waals surface area contributed by atoms with Crippen LogP contribution in [0.2, 0.25) is 0 Å². The minimum absolute atomic E-state index is 0.0256. The van der Waals surface area contributed by atoms with Crippen LogP contribution >= 0.6 is 11.8 Å². The van der Waals surface area contributed by atoms with Crippen LogP contribution < -0.4 is 15.0 Å². The Hall–Kier alpha value is -2.80. The number of ketones is 1. The van der Waals surface area contributed by atoms with Gasteiger partial charge < -0.3 is 9.47 Å². The van der Waals surface area contributed by atoms with Gasteiger partial charge in [-0.3, -0.25) is 14.2 Å². The van der Waals surface area contributed by atoms with Crippen molar-refractivity contribution in [3.63, 3.8) is 0 Å². The van der Waals surface area contributed by atoms with Gasteiger partial charge >= 0.3 is 0 Å². The highest BCUT2D eigenvalue weighted by Gasteiger charge is 2.29. The van der Waals surface area contributed by atoms with Gasteiger partial charge in [-0.05, 0) is 43.2 Å². The summed E-state index contributed by atoms with van der Waals surface area (Å²) in [5, 5.41) is 1.23. The maximum atomic E-state index is 12.9. The van der Waals surface area contributed by atoms with Crippen LogP contribution in [-0.2, 0) is 0 Å². The summed E-state index contributed by atoms with van der Waals surface area (Å²) in [6, 6.07) is 12.8. The first-order valence-corrected chi connectivity index (χ1v) is 10.3. The molecule has 0 N–H and O–H groups in total. The molecule has 0 bridgehead atoms. The Morgan fingerprint density at radius 1 is 1.11 bits per heavy atom. The van der Waals surface area contributed by atoms with Crippen molar-refractivity contribution in [2.24, 2.45) is 0 Å². The zero-order chi connectivity index (χ0) is 19.1. The lowest BCUT2D eigenvalue weighted by Gasteiger charge is -2.18. The Labute approximate surface area is 165 Å². The number of Topliss-reactive ketones (excluding diaryl/α,β-unsaturated/α-hetero) is 1. The molecule has 0 atom stereocenters. The summed E-state index contributed by atoms with van der Waals surface area (Å²) in [4.78, 5) is 30.3. The van der Waals surface area contributed by atoms with E-state index in [1.54, 1.807) is 28.8 Å². The average molecular weight is 394 g/mol. The van der Waals surface area contributed by atoms with Gasteiger partial charge in [0, 0.05) is 11.6 Å². The molecule has 0 unspecified atom stereocenters. The Balaban J connectivity index is 1.42. The van der Waals surface area contributed by atoms with E-state index in [-0.39, 0.29) is 23.1 Å². The van der Waals surface area contributed by atoms with Crippen LogP contribution in [0.15, 0.2) is 52.4 Å². The molecule has 28 heavy (non-hydrogen) atoms. The maximum absolute atomic E-state index is 12.9. The monoisotopic (exact) mass is 394 g/mol. The van der Waals surface area contributed by atoms with Crippen LogP contribution in [0.5, 0.6) is 11.5 Å². The number of carbonyl (C=O) groups excluding carboxylic acids is 1. The number of fused-ring (bicyclic) bond motifs is 2. The summed E-state index contributed by atoms with van der Waals surface area (Å²) in [5.41, 5.74) is 1.21. The minimum atomic E-state index is -0.0354. The lowest BCUT2D eigenvalue weighted by atomic mass is 10.1. The SMILES string of the molecule is O=C(CSc1nc2ccccc2c(=O)n1C1CC1)c1ccc2c(c1)OCCO2. The number of hydrogen-bond donors (Lipinski definition) is 0. The molecular weight excluding hydrogens is 376 g/mol. The van der Waals surface area contributed by atoms with Crippen molar-refractivity contribution >= 4 is 28.4 Å². The summed E-state index contributed by atoms with van der Waals surface area (Å²) in [5.74, 6) is 1.43. The van der Waals surface area contributed by atoms with Gasteiger partial charge in [0.1, 0.15) is 13.2 Å². The average Bonchev–Trinajstić information content (AvgIpc) is 3.56. The van der Waals surface area contributed by atoms with Gasteiger partial charge in [-0.15, -0.1) is 0 Å². The molecule has 1 aliphatic heterocycles. The van der Waals surface area contributed by atoms with Crippen molar-refractivity contribution in [3.8, 4) is 11.5 Å². The van der Waals surface area contributed by atoms with Gasteiger partial charge in [0.15, 0.2) is 22.4 Å². The molecule has 3 aromatic rings. The van der Waals surface area contributed by atoms with Gasteiger partial charge in [-0.1, -0.05) is 23.9 Å². The lowest BCUT2D eigenvalue weighted by Crippen LogP contribution is -2.22. The number of thioether (sulfide) groups is 1. The normalized spacial score (nSPS) is 15.6. The fourth-order valence-corrected chi connectivity index (χ4v) is 4.27. The summed E-state index contributed by atoms with van der Waals surface area (Å²) >= 11 is 1.31. The molecule has 2 aliphatic rings. The Kier molecular flexibility index (Phi) is 4.31. The number of hydrogen-bond acceptors (Lipinski definition) is 6. The van der Waals surface area contributed by atoms with Crippen molar-refractivity contribution in [2.75, 3.05) is 19.0 Å². The summed E-state index contributed by atoms with van der Waals surface area (Å²) in [6.45, 7) is 0.997. The molecule has 1 fully saturated rings. The van der Waals surface area contributed by atoms with E-state index >= 15 is 0 Å². The predicted molar refractivity (Wildman–Crippen MR) is 107 cm³/mol. The van der Waals surface area contributed by atoms with Gasteiger partial charge in [0.2, 0.25) is 0 Å². The first-order chi connectivity index (χ1) is 13.7. The van der Waals surface area contributed by atoms with E-state index in [1.165, 1.54) is 11.8 Å². The molecule has 2 heterocycles. The van der Waals surface area contributed by atoms with E-state index in [0.29, 0.717) is 46.3 Å². The molecule has 1 saturated carbocycles. The van der Waals surface area contributed by atoms with E-state index in [2.05, 4.69) is 4.98 Å². The Bertz CT molecular complexity index is 1140. The highest BCUT2D eigenvalue weighted by atomic mass is 32.2. The number of carbonyl (C=O) groups is 1. The summed E-state index contributed by atoms with van der Waals surface area (Å²) < 4.78 is 12.8. The summed E-state index contributed by atoms with van der Waals surface area (Å²) in [7, 11) is 0. The van der Waals surface area contributed by atoms with Gasteiger partial charge in [-0.25, -0.2) is 4.98 Å². The van der Waals surface area contributed by atoms with Crippen molar-refractivity contribution in [3.05, 3.63) is 58.4 Å². The molecule has 5 rings (SSSR count). The van der Waals surface area contributed by atoms with Gasteiger partial charge in [-0.2, -0.15) is 0 Å². The third-order valence-corrected chi connectivity index (χ3v) is 5.84. The highest BCUT2D eigenvalue weighted by molar-refractivity contribution is 7.99. The highest BCUT2D eigenvalue weighted by Crippen LogP contribution is 2.37. The van der Waals surface area contributed by atoms with Crippen LogP contribution in [-0.4, -0.2) is 34.3 Å². The first kappa shape index (κ1) is 17.3. The zero-order valence-corrected chi connectivity index (χ0v) is 15.9. The second-order valence-corrected chi connectivity index (χ2v) is 7.83. The maximum Gasteiger partial charge on any atom is 0.262 e. The molecule has 0 saturated heterocycles. The van der Waals surface area contributed by atoms with Crippen LogP contribution in [0.25, 0.3) is 10.9 Å². The smallest absolute Gasteiger partial charge is 0.262 e. The van der Waals surface area contributed by atoms with Crippen molar-refractivity contribution in [1.29, 1.82) is 0 Å². The van der Waals surface area contributed by atoms with E-state index in [4.69, 9.17) is 9.47 Å². The first-order valence-electron chi connectivity index (χ1n) is 9.27. The number of para-hydroxylation sites is 1. The van der Waals surface area contributed by atoms with Crippen molar-refractivity contribution in [1.82, 2.24) is 9.55 Å². The Morgan fingerprint density at radius 3 is 2.71 bits per heavy atom. The quantitative estimate of drug-likeness (QED) is 0.375. The fraction of sp³-hybridized carbons (Fsp3) is 0.286.